The van der Waals surface area contributed by atoms with E-state index in [4.69, 9.17) is 4.74 Å². The Bertz CT molecular complexity index is 973. The molecular formula is C51H93NO5. The van der Waals surface area contributed by atoms with Crippen LogP contribution < -0.4 is 5.32 Å². The molecule has 0 heterocycles. The number of carbonyl (C=O) groups is 2. The number of esters is 1. The monoisotopic (exact) mass is 800 g/mol. The van der Waals surface area contributed by atoms with E-state index in [1.807, 2.05) is 0 Å². The van der Waals surface area contributed by atoms with E-state index >= 15 is 0 Å². The highest BCUT2D eigenvalue weighted by Crippen LogP contribution is 2.14. The molecule has 0 fully saturated rings. The van der Waals surface area contributed by atoms with Gasteiger partial charge in [0.25, 0.3) is 0 Å². The molecule has 0 rings (SSSR count). The lowest BCUT2D eigenvalue weighted by atomic mass is 10.0. The number of ether oxygens (including phenoxy) is 1. The second-order valence-electron chi connectivity index (χ2n) is 16.4. The lowest BCUT2D eigenvalue weighted by Gasteiger charge is -2.22. The van der Waals surface area contributed by atoms with Crippen molar-refractivity contribution in [2.75, 3.05) is 13.2 Å². The SMILES string of the molecule is CCCC/C=C\C/C=C\CCCCCCCC(=O)OCCCCC/C=C\C/C=C\CCCCCCCCCC(=O)NC(CO)C(O)CCCCCCCCCCC. The van der Waals surface area contributed by atoms with E-state index < -0.39 is 12.1 Å². The van der Waals surface area contributed by atoms with Gasteiger partial charge in [0.05, 0.1) is 25.4 Å². The molecule has 0 spiro atoms. The number of nitrogens with one attached hydrogen (secondary N) is 1. The van der Waals surface area contributed by atoms with Gasteiger partial charge in [-0.1, -0.05) is 184 Å². The molecule has 0 aromatic rings. The molecule has 0 radical (unpaired) electrons. The number of aliphatic hydroxyl groups excluding tert-OH is 2. The van der Waals surface area contributed by atoms with E-state index in [2.05, 4.69) is 67.8 Å². The van der Waals surface area contributed by atoms with Gasteiger partial charge in [0.15, 0.2) is 0 Å². The zero-order valence-corrected chi connectivity index (χ0v) is 37.6. The normalized spacial score (nSPS) is 13.1. The topological polar surface area (TPSA) is 95.9 Å². The lowest BCUT2D eigenvalue weighted by molar-refractivity contribution is -0.143. The van der Waals surface area contributed by atoms with Gasteiger partial charge < -0.3 is 20.3 Å². The summed E-state index contributed by atoms with van der Waals surface area (Å²) >= 11 is 0. The summed E-state index contributed by atoms with van der Waals surface area (Å²) in [5, 5.41) is 23.0. The van der Waals surface area contributed by atoms with Crippen LogP contribution in [0.3, 0.4) is 0 Å². The largest absolute Gasteiger partial charge is 0.466 e. The van der Waals surface area contributed by atoms with Crippen LogP contribution in [0.4, 0.5) is 0 Å². The number of hydrogen-bond donors (Lipinski definition) is 3. The highest BCUT2D eigenvalue weighted by molar-refractivity contribution is 5.76. The Morgan fingerprint density at radius 1 is 0.491 bits per heavy atom. The van der Waals surface area contributed by atoms with Gasteiger partial charge in [0.1, 0.15) is 0 Å². The number of hydrogen-bond acceptors (Lipinski definition) is 5. The van der Waals surface area contributed by atoms with Crippen molar-refractivity contribution in [2.45, 2.75) is 251 Å². The van der Waals surface area contributed by atoms with E-state index in [0.29, 0.717) is 25.9 Å². The van der Waals surface area contributed by atoms with Crippen molar-refractivity contribution < 1.29 is 24.5 Å². The van der Waals surface area contributed by atoms with Crippen LogP contribution in [0.5, 0.6) is 0 Å². The van der Waals surface area contributed by atoms with Gasteiger partial charge in [0.2, 0.25) is 5.91 Å². The molecule has 0 saturated heterocycles. The Kier molecular flexibility index (Phi) is 44.7. The second kappa shape index (κ2) is 46.5. The third-order valence-electron chi connectivity index (χ3n) is 10.9. The lowest BCUT2D eigenvalue weighted by Crippen LogP contribution is -2.45. The third kappa shape index (κ3) is 43.2. The maximum atomic E-state index is 12.4. The van der Waals surface area contributed by atoms with Crippen LogP contribution in [-0.4, -0.2) is 47.4 Å². The van der Waals surface area contributed by atoms with E-state index in [1.54, 1.807) is 0 Å². The number of aliphatic hydroxyl groups is 2. The Morgan fingerprint density at radius 3 is 1.39 bits per heavy atom. The molecule has 0 aliphatic carbocycles. The predicted molar refractivity (Wildman–Crippen MR) is 245 cm³/mol. The zero-order valence-electron chi connectivity index (χ0n) is 37.6. The Labute approximate surface area is 353 Å². The molecule has 6 nitrogen and oxygen atoms in total. The summed E-state index contributed by atoms with van der Waals surface area (Å²) in [5.41, 5.74) is 0. The fourth-order valence-electron chi connectivity index (χ4n) is 7.04. The van der Waals surface area contributed by atoms with E-state index in [9.17, 15) is 19.8 Å². The van der Waals surface area contributed by atoms with Gasteiger partial charge in [-0.05, 0) is 89.9 Å². The van der Waals surface area contributed by atoms with E-state index in [1.165, 1.54) is 109 Å². The van der Waals surface area contributed by atoms with Crippen LogP contribution in [0.15, 0.2) is 48.6 Å². The second-order valence-corrected chi connectivity index (χ2v) is 16.4. The fraction of sp³-hybridized carbons (Fsp3) is 0.804. The summed E-state index contributed by atoms with van der Waals surface area (Å²) in [6.07, 6.45) is 56.5. The first kappa shape index (κ1) is 54.8. The number of rotatable bonds is 44. The number of amides is 1. The minimum atomic E-state index is -0.673. The van der Waals surface area contributed by atoms with Crippen molar-refractivity contribution in [3.8, 4) is 0 Å². The Morgan fingerprint density at radius 2 is 0.895 bits per heavy atom. The van der Waals surface area contributed by atoms with Crippen LogP contribution in [0.25, 0.3) is 0 Å². The Hall–Kier alpha value is -2.18. The molecule has 332 valence electrons. The molecule has 2 atom stereocenters. The van der Waals surface area contributed by atoms with Crippen LogP contribution in [-0.2, 0) is 14.3 Å². The first-order chi connectivity index (χ1) is 28.0. The first-order valence-corrected chi connectivity index (χ1v) is 24.4. The quantitative estimate of drug-likeness (QED) is 0.0324. The van der Waals surface area contributed by atoms with Gasteiger partial charge in [-0.3, -0.25) is 9.59 Å². The predicted octanol–water partition coefficient (Wildman–Crippen LogP) is 14.3. The summed E-state index contributed by atoms with van der Waals surface area (Å²) < 4.78 is 5.43. The summed E-state index contributed by atoms with van der Waals surface area (Å²) in [6, 6.07) is -0.552. The van der Waals surface area contributed by atoms with Crippen molar-refractivity contribution in [1.29, 1.82) is 0 Å². The standard InChI is InChI=1S/C51H93NO5/c1-3-5-7-9-11-13-14-15-22-25-29-33-37-41-45-51(56)57-46-42-38-34-30-26-23-20-18-16-17-19-21-24-28-32-36-40-44-50(55)52-48(47-53)49(54)43-39-35-31-27-12-10-8-6-4-2/h9,11,14-16,18,23,26,48-49,53-54H,3-8,10,12-13,17,19-22,24-25,27-47H2,1-2H3,(H,52,55)/b11-9-,15-14-,18-16-,26-23-. The summed E-state index contributed by atoms with van der Waals surface area (Å²) in [6.45, 7) is 4.82. The van der Waals surface area contributed by atoms with Gasteiger partial charge in [0, 0.05) is 12.8 Å². The van der Waals surface area contributed by atoms with E-state index in [0.717, 1.165) is 96.3 Å². The average molecular weight is 800 g/mol. The minimum Gasteiger partial charge on any atom is -0.466 e. The molecule has 57 heavy (non-hydrogen) atoms. The molecule has 1 amide bonds. The number of unbranched alkanes of at least 4 members (excludes halogenated alkanes) is 25. The fourth-order valence-corrected chi connectivity index (χ4v) is 7.04. The number of allylic oxidation sites excluding steroid dienone is 8. The van der Waals surface area contributed by atoms with Crippen LogP contribution in [0, 0.1) is 0 Å². The van der Waals surface area contributed by atoms with Crippen molar-refractivity contribution in [3.05, 3.63) is 48.6 Å². The van der Waals surface area contributed by atoms with E-state index in [-0.39, 0.29) is 18.5 Å². The van der Waals surface area contributed by atoms with Crippen molar-refractivity contribution in [3.63, 3.8) is 0 Å². The van der Waals surface area contributed by atoms with Crippen molar-refractivity contribution >= 4 is 11.9 Å². The molecule has 0 aliphatic heterocycles. The van der Waals surface area contributed by atoms with Crippen LogP contribution in [0.2, 0.25) is 0 Å². The summed E-state index contributed by atoms with van der Waals surface area (Å²) in [5.74, 6) is -0.0874. The van der Waals surface area contributed by atoms with Crippen LogP contribution >= 0.6 is 0 Å². The maximum Gasteiger partial charge on any atom is 0.305 e. The first-order valence-electron chi connectivity index (χ1n) is 24.4. The molecule has 0 aromatic carbocycles. The minimum absolute atomic E-state index is 0.0314. The smallest absolute Gasteiger partial charge is 0.305 e. The molecule has 3 N–H and O–H groups in total. The molecule has 0 bridgehead atoms. The molecule has 0 saturated carbocycles. The third-order valence-corrected chi connectivity index (χ3v) is 10.9. The van der Waals surface area contributed by atoms with Gasteiger partial charge in [-0.15, -0.1) is 0 Å². The van der Waals surface area contributed by atoms with Gasteiger partial charge in [-0.25, -0.2) is 0 Å². The van der Waals surface area contributed by atoms with Crippen molar-refractivity contribution in [2.24, 2.45) is 0 Å². The molecule has 0 aromatic heterocycles. The average Bonchev–Trinajstić information content (AvgIpc) is 3.21. The molecular weight excluding hydrogens is 707 g/mol. The molecule has 6 heteroatoms. The summed E-state index contributed by atoms with van der Waals surface area (Å²) in [4.78, 5) is 24.4. The van der Waals surface area contributed by atoms with Gasteiger partial charge >= 0.3 is 5.97 Å². The van der Waals surface area contributed by atoms with Crippen molar-refractivity contribution in [1.82, 2.24) is 5.32 Å². The van der Waals surface area contributed by atoms with Gasteiger partial charge in [-0.2, -0.15) is 0 Å². The maximum absolute atomic E-state index is 12.4. The molecule has 2 unspecified atom stereocenters. The highest BCUT2D eigenvalue weighted by atomic mass is 16.5. The highest BCUT2D eigenvalue weighted by Gasteiger charge is 2.20. The van der Waals surface area contributed by atoms with Crippen LogP contribution in [0.1, 0.15) is 239 Å². The number of carbonyl (C=O) groups excluding carboxylic acids is 2. The molecule has 0 aliphatic rings. The zero-order chi connectivity index (χ0) is 41.5. The summed E-state index contributed by atoms with van der Waals surface area (Å²) in [7, 11) is 0. The Balaban J connectivity index is 3.51.